The zero-order valence-corrected chi connectivity index (χ0v) is 64.9. The molecule has 101 heavy (non-hydrogen) atoms. The van der Waals surface area contributed by atoms with Crippen molar-refractivity contribution in [2.45, 2.75) is 133 Å². The fraction of sp³-hybridized carbons (Fsp3) is 0.547. The van der Waals surface area contributed by atoms with Crippen LogP contribution in [0.1, 0.15) is 146 Å². The molecule has 4 heterocycles. The van der Waals surface area contributed by atoms with Crippen molar-refractivity contribution < 1.29 is 65.3 Å². The molecule has 3 unspecified atom stereocenters. The lowest BCUT2D eigenvalue weighted by Crippen LogP contribution is -2.36. The molecule has 23 nitrogen and oxygen atoms in total. The number of pyridine rings is 3. The van der Waals surface area contributed by atoms with Gasteiger partial charge in [0.1, 0.15) is 33.4 Å². The molecule has 6 rings (SSSR count). The average molecular weight is 1450 g/mol. The van der Waals surface area contributed by atoms with Gasteiger partial charge in [-0.05, 0) is 173 Å². The van der Waals surface area contributed by atoms with Crippen LogP contribution in [0.15, 0.2) is 72.8 Å². The predicted octanol–water partition coefficient (Wildman–Crippen LogP) is 11.0. The Hall–Kier alpha value is -7.13. The molecule has 3 atom stereocenters. The molecule has 1 aliphatic rings. The van der Waals surface area contributed by atoms with Crippen molar-refractivity contribution in [3.63, 3.8) is 0 Å². The van der Waals surface area contributed by atoms with E-state index >= 15 is 0 Å². The van der Waals surface area contributed by atoms with E-state index < -0.39 is 33.8 Å². The number of amides is 1. The molecule has 0 aliphatic carbocycles. The van der Waals surface area contributed by atoms with Crippen molar-refractivity contribution >= 4 is 67.8 Å². The van der Waals surface area contributed by atoms with Crippen LogP contribution in [0.5, 0.6) is 11.5 Å². The fourth-order valence-corrected chi connectivity index (χ4v) is 14.9. The van der Waals surface area contributed by atoms with Crippen molar-refractivity contribution in [1.29, 1.82) is 0 Å². The number of hydrogen-bond acceptors (Lipinski definition) is 22. The molecule has 0 saturated carbocycles. The molecule has 1 N–H and O–H groups in total. The molecule has 1 fully saturated rings. The first-order valence-corrected chi connectivity index (χ1v) is 41.5. The summed E-state index contributed by atoms with van der Waals surface area (Å²) in [6.07, 6.45) is 2.18. The third kappa shape index (κ3) is 27.9. The zero-order valence-electron chi connectivity index (χ0n) is 62.2. The third-order valence-corrected chi connectivity index (χ3v) is 21.7. The molecule has 1 amide bonds. The number of carbonyl (C=O) groups excluding carboxylic acids is 3. The van der Waals surface area contributed by atoms with Gasteiger partial charge in [0.15, 0.2) is 0 Å². The van der Waals surface area contributed by atoms with E-state index in [9.17, 15) is 28.1 Å². The minimum atomic E-state index is -3.43. The van der Waals surface area contributed by atoms with E-state index in [1.54, 1.807) is 59.8 Å². The lowest BCUT2D eigenvalue weighted by molar-refractivity contribution is -0.144. The number of aryl methyl sites for hydroxylation is 1. The van der Waals surface area contributed by atoms with Gasteiger partial charge in [0.05, 0.1) is 74.7 Å². The third-order valence-electron chi connectivity index (χ3n) is 16.3. The van der Waals surface area contributed by atoms with Gasteiger partial charge < -0.3 is 52.4 Å². The van der Waals surface area contributed by atoms with Gasteiger partial charge in [0.2, 0.25) is 22.1 Å². The Morgan fingerprint density at radius 2 is 0.881 bits per heavy atom. The van der Waals surface area contributed by atoms with Gasteiger partial charge in [-0.3, -0.25) is 38.0 Å². The lowest BCUT2D eigenvalue weighted by Gasteiger charge is -2.26. The van der Waals surface area contributed by atoms with E-state index in [0.717, 1.165) is 28.1 Å². The van der Waals surface area contributed by atoms with Crippen molar-refractivity contribution in [2.24, 2.45) is 0 Å². The van der Waals surface area contributed by atoms with Gasteiger partial charge in [-0.25, -0.2) is 19.7 Å². The largest absolute Gasteiger partial charge is 0.491 e. The van der Waals surface area contributed by atoms with E-state index in [0.29, 0.717) is 187 Å². The summed E-state index contributed by atoms with van der Waals surface area (Å²) < 4.78 is 88.8. The molecule has 552 valence electrons. The second-order valence-corrected chi connectivity index (χ2v) is 33.0. The normalized spacial score (nSPS) is 14.9. The molecule has 1 saturated heterocycles. The Bertz CT molecular complexity index is 3660. The Morgan fingerprint density at radius 3 is 1.25 bits per heavy atom. The number of nitrogens with zero attached hydrogens (tertiary/aromatic N) is 8. The highest BCUT2D eigenvalue weighted by atomic mass is 31.2. The number of anilines is 2. The summed E-state index contributed by atoms with van der Waals surface area (Å²) in [5, 5.41) is 2.85. The number of aromatic nitrogens is 3. The minimum absolute atomic E-state index is 0.215. The van der Waals surface area contributed by atoms with E-state index in [2.05, 4.69) is 53.5 Å². The van der Waals surface area contributed by atoms with Crippen LogP contribution in [-0.4, -0.2) is 193 Å². The van der Waals surface area contributed by atoms with Crippen LogP contribution in [0.4, 0.5) is 16.2 Å². The van der Waals surface area contributed by atoms with Crippen molar-refractivity contribution in [2.75, 3.05) is 149 Å². The molecule has 0 bridgehead atoms. The zero-order chi connectivity index (χ0) is 73.8. The number of carbonyl (C=O) groups is 3. The highest BCUT2D eigenvalue weighted by Crippen LogP contribution is 2.43. The standard InChI is InChI=1S/C75H108N9O14P3/c1-16-80(11)65-49-57(33-35-67(65)93-44-24-27-72(85)91-18-3)29-31-60-47-63(78-70(52-60)100(14,89)96-21-6)55-83-40-38-82(54-62-46-59(51-69(77-62)99(13,88)95-20-5)26-23-37-76-74(87)98-75(8,9)10)39-41-84(43-42-83)56-64-48-61(53-71(79-64)101(15,90)97-22-7)32-30-58-34-36-68(66(50-58)81(12)17-2)94-45-25-28-73(86)92-19-4/h33-36,46-53H,16-28,37-45,54-56H2,1-15H3,(H,76,87). The van der Waals surface area contributed by atoms with Crippen molar-refractivity contribution in [3.05, 3.63) is 118 Å². The summed E-state index contributed by atoms with van der Waals surface area (Å²) in [4.78, 5) is 62.9. The summed E-state index contributed by atoms with van der Waals surface area (Å²) in [5.41, 5.74) is 7.60. The highest BCUT2D eigenvalue weighted by molar-refractivity contribution is 7.66. The first-order chi connectivity index (χ1) is 48.1. The number of rotatable bonds is 35. The molecule has 2 aromatic carbocycles. The number of esters is 2. The predicted molar refractivity (Wildman–Crippen MR) is 401 cm³/mol. The number of nitrogens with one attached hydrogen (secondary N) is 1. The molecule has 0 spiro atoms. The number of benzene rings is 2. The van der Waals surface area contributed by atoms with Crippen LogP contribution in [0.25, 0.3) is 0 Å². The van der Waals surface area contributed by atoms with E-state index in [1.165, 1.54) is 0 Å². The smallest absolute Gasteiger partial charge is 0.407 e. The van der Waals surface area contributed by atoms with Crippen molar-refractivity contribution in [1.82, 2.24) is 35.0 Å². The monoisotopic (exact) mass is 1450 g/mol. The van der Waals surface area contributed by atoms with Gasteiger partial charge in [-0.2, -0.15) is 0 Å². The molecular formula is C75H108N9O14P3. The van der Waals surface area contributed by atoms with Crippen LogP contribution in [0.3, 0.4) is 0 Å². The summed E-state index contributed by atoms with van der Waals surface area (Å²) >= 11 is 0. The number of ether oxygens (including phenoxy) is 5. The Labute approximate surface area is 600 Å². The molecule has 5 aromatic rings. The van der Waals surface area contributed by atoms with Crippen LogP contribution < -0.4 is 40.9 Å². The maximum atomic E-state index is 14.4. The maximum Gasteiger partial charge on any atom is 0.407 e. The van der Waals surface area contributed by atoms with Gasteiger partial charge in [0, 0.05) is 148 Å². The number of hydrogen-bond donors (Lipinski definition) is 1. The quantitative estimate of drug-likeness (QED) is 0.0130. The first kappa shape index (κ1) is 82.8. The minimum Gasteiger partial charge on any atom is -0.491 e. The van der Waals surface area contributed by atoms with Gasteiger partial charge in [-0.1, -0.05) is 23.7 Å². The van der Waals surface area contributed by atoms with E-state index in [1.807, 2.05) is 116 Å². The Balaban J connectivity index is 1.39. The SMILES string of the molecule is CCOC(=O)CCCOc1ccc(C#Cc2cc(CN3CCN(Cc4cc(C#Cc5ccc(OCCCC(=O)OCC)c(N(C)CC)c5)cc(P(C)(=O)OCC)n4)CCN(Cc4cc(CCCNC(=O)OC(C)(C)C)cc(P(C)(=O)OCC)n4)CC3)nc(P(C)(=O)OCC)c2)cc1N(C)CC. The molecule has 3 aromatic heterocycles. The second kappa shape index (κ2) is 40.6. The van der Waals surface area contributed by atoms with Gasteiger partial charge >= 0.3 is 18.0 Å². The van der Waals surface area contributed by atoms with Gasteiger partial charge in [0.25, 0.3) is 0 Å². The van der Waals surface area contributed by atoms with E-state index in [4.69, 9.17) is 52.2 Å². The maximum absolute atomic E-state index is 14.4. The van der Waals surface area contributed by atoms with Crippen LogP contribution >= 0.6 is 22.1 Å². The molecule has 26 heteroatoms. The highest BCUT2D eigenvalue weighted by Gasteiger charge is 2.28. The Kier molecular flexibility index (Phi) is 33.3. The fourth-order valence-electron chi connectivity index (χ4n) is 10.9. The summed E-state index contributed by atoms with van der Waals surface area (Å²) in [7, 11) is -6.25. The number of alkyl carbamates (subject to hydrolysis) is 1. The summed E-state index contributed by atoms with van der Waals surface area (Å²) in [6, 6.07) is 22.8. The van der Waals surface area contributed by atoms with Crippen LogP contribution in [0, 0.1) is 23.7 Å². The first-order valence-electron chi connectivity index (χ1n) is 35.2. The lowest BCUT2D eigenvalue weighted by atomic mass is 10.1. The summed E-state index contributed by atoms with van der Waals surface area (Å²) in [5.74, 6) is 14.3. The molecule has 1 aliphatic heterocycles. The van der Waals surface area contributed by atoms with Gasteiger partial charge in [-0.15, -0.1) is 0 Å². The Morgan fingerprint density at radius 1 is 0.505 bits per heavy atom. The summed E-state index contributed by atoms with van der Waals surface area (Å²) in [6.45, 7) is 31.6. The average Bonchev–Trinajstić information content (AvgIpc) is 1.27. The topological polar surface area (TPSA) is 243 Å². The molecule has 0 radical (unpaired) electrons. The molecular weight excluding hydrogens is 1340 g/mol. The van der Waals surface area contributed by atoms with Crippen LogP contribution in [0.2, 0.25) is 0 Å². The van der Waals surface area contributed by atoms with Crippen molar-refractivity contribution in [3.8, 4) is 35.2 Å². The second-order valence-electron chi connectivity index (χ2n) is 25.8. The van der Waals surface area contributed by atoms with E-state index in [-0.39, 0.29) is 44.6 Å². The van der Waals surface area contributed by atoms with Crippen LogP contribution in [-0.2, 0) is 77.1 Å².